The van der Waals surface area contributed by atoms with Gasteiger partial charge in [-0.25, -0.2) is 8.78 Å². The van der Waals surface area contributed by atoms with Gasteiger partial charge in [0.1, 0.15) is 29.7 Å². The van der Waals surface area contributed by atoms with E-state index in [1.807, 2.05) is 31.2 Å². The number of carboxylic acid groups (broad SMARTS) is 1. The van der Waals surface area contributed by atoms with E-state index >= 15 is 0 Å². The zero-order valence-corrected chi connectivity index (χ0v) is 18.6. The maximum atomic E-state index is 14.2. The van der Waals surface area contributed by atoms with Gasteiger partial charge in [-0.2, -0.15) is 0 Å². The molecule has 0 aliphatic carbocycles. The van der Waals surface area contributed by atoms with Gasteiger partial charge >= 0.3 is 5.97 Å². The van der Waals surface area contributed by atoms with Crippen molar-refractivity contribution in [3.05, 3.63) is 83.4 Å². The highest BCUT2D eigenvalue weighted by Gasteiger charge is 2.10. The van der Waals surface area contributed by atoms with E-state index in [0.717, 1.165) is 11.3 Å². The van der Waals surface area contributed by atoms with E-state index in [-0.39, 0.29) is 24.4 Å². The normalized spacial score (nSPS) is 11.8. The molecule has 3 rings (SSSR count). The maximum Gasteiger partial charge on any atom is 0.303 e. The van der Waals surface area contributed by atoms with Crippen molar-refractivity contribution in [2.75, 3.05) is 20.3 Å². The summed E-state index contributed by atoms with van der Waals surface area (Å²) in [6.07, 6.45) is -0.121. The topological polar surface area (TPSA) is 67.8 Å². The molecular weight excluding hydrogens is 428 g/mol. The summed E-state index contributed by atoms with van der Waals surface area (Å²) in [5.74, 6) is -0.815. The standard InChI is InChI=1S/C26H27F2NO4/c1-17(18-4-3-5-23(14-18)32-2)29-10-11-33-24-15-21(13-22(27)16-24)19-6-8-25(28)20(12-19)7-9-26(30)31/h3-6,8,12-17,29H,7,9-11H2,1-2H3,(H,30,31)/t17-/m1/s1. The largest absolute Gasteiger partial charge is 0.497 e. The third-order valence-electron chi connectivity index (χ3n) is 5.27. The quantitative estimate of drug-likeness (QED) is 0.380. The SMILES string of the molecule is COc1cccc([C@@H](C)NCCOc2cc(F)cc(-c3ccc(F)c(CCC(=O)O)c3)c2)c1. The van der Waals surface area contributed by atoms with E-state index in [4.69, 9.17) is 14.6 Å². The van der Waals surface area contributed by atoms with Crippen LogP contribution in [0.5, 0.6) is 11.5 Å². The van der Waals surface area contributed by atoms with Crippen molar-refractivity contribution >= 4 is 5.97 Å². The lowest BCUT2D eigenvalue weighted by molar-refractivity contribution is -0.136. The van der Waals surface area contributed by atoms with E-state index < -0.39 is 17.6 Å². The van der Waals surface area contributed by atoms with E-state index in [2.05, 4.69) is 5.32 Å². The molecule has 0 radical (unpaired) electrons. The molecule has 5 nitrogen and oxygen atoms in total. The Morgan fingerprint density at radius 2 is 1.85 bits per heavy atom. The van der Waals surface area contributed by atoms with Crippen LogP contribution in [0.4, 0.5) is 8.78 Å². The Labute approximate surface area is 192 Å². The number of nitrogens with one attached hydrogen (secondary N) is 1. The van der Waals surface area contributed by atoms with Gasteiger partial charge in [-0.05, 0) is 72.0 Å². The van der Waals surface area contributed by atoms with Crippen LogP contribution in [0.3, 0.4) is 0 Å². The summed E-state index contributed by atoms with van der Waals surface area (Å²) in [7, 11) is 1.63. The number of rotatable bonds is 11. The second-order valence-electron chi connectivity index (χ2n) is 7.68. The highest BCUT2D eigenvalue weighted by Crippen LogP contribution is 2.28. The first kappa shape index (κ1) is 24.2. The fourth-order valence-corrected chi connectivity index (χ4v) is 3.47. The lowest BCUT2D eigenvalue weighted by atomic mass is 10.00. The number of aliphatic carboxylic acids is 1. The number of halogens is 2. The van der Waals surface area contributed by atoms with Crippen molar-refractivity contribution in [2.45, 2.75) is 25.8 Å². The third kappa shape index (κ3) is 7.02. The van der Waals surface area contributed by atoms with Crippen molar-refractivity contribution in [3.63, 3.8) is 0 Å². The maximum absolute atomic E-state index is 14.2. The first-order chi connectivity index (χ1) is 15.9. The van der Waals surface area contributed by atoms with Crippen molar-refractivity contribution < 1.29 is 28.2 Å². The minimum absolute atomic E-state index is 0.0603. The molecule has 1 atom stereocenters. The number of benzene rings is 3. The first-order valence-corrected chi connectivity index (χ1v) is 10.7. The van der Waals surface area contributed by atoms with Crippen molar-refractivity contribution in [1.29, 1.82) is 0 Å². The van der Waals surface area contributed by atoms with Crippen LogP contribution in [0.1, 0.15) is 30.5 Å². The molecule has 33 heavy (non-hydrogen) atoms. The van der Waals surface area contributed by atoms with Crippen molar-refractivity contribution in [1.82, 2.24) is 5.32 Å². The van der Waals surface area contributed by atoms with Gasteiger partial charge in [0.05, 0.1) is 7.11 Å². The number of hydrogen-bond acceptors (Lipinski definition) is 4. The van der Waals surface area contributed by atoms with E-state index in [9.17, 15) is 13.6 Å². The van der Waals surface area contributed by atoms with Crippen LogP contribution in [0.2, 0.25) is 0 Å². The number of aryl methyl sites for hydroxylation is 1. The molecule has 0 saturated carbocycles. The van der Waals surface area contributed by atoms with Crippen LogP contribution in [0.15, 0.2) is 60.7 Å². The average molecular weight is 456 g/mol. The predicted octanol–water partition coefficient (Wildman–Crippen LogP) is 5.39. The molecule has 0 amide bonds. The summed E-state index contributed by atoms with van der Waals surface area (Å²) >= 11 is 0. The number of hydrogen-bond donors (Lipinski definition) is 2. The van der Waals surface area contributed by atoms with Crippen LogP contribution in [0, 0.1) is 11.6 Å². The summed E-state index contributed by atoms with van der Waals surface area (Å²) in [6.45, 7) is 2.90. The van der Waals surface area contributed by atoms with E-state index in [0.29, 0.717) is 30.0 Å². The fourth-order valence-electron chi connectivity index (χ4n) is 3.47. The molecule has 0 aliphatic rings. The molecule has 0 bridgehead atoms. The highest BCUT2D eigenvalue weighted by atomic mass is 19.1. The summed E-state index contributed by atoms with van der Waals surface area (Å²) in [5.41, 5.74) is 2.47. The molecule has 0 heterocycles. The van der Waals surface area contributed by atoms with Gasteiger partial charge in [-0.1, -0.05) is 18.2 Å². The van der Waals surface area contributed by atoms with Gasteiger partial charge in [0.25, 0.3) is 0 Å². The van der Waals surface area contributed by atoms with Crippen LogP contribution < -0.4 is 14.8 Å². The van der Waals surface area contributed by atoms with Crippen LogP contribution in [0.25, 0.3) is 11.1 Å². The molecule has 0 spiro atoms. The second-order valence-corrected chi connectivity index (χ2v) is 7.68. The molecule has 0 aromatic heterocycles. The molecule has 7 heteroatoms. The molecule has 3 aromatic carbocycles. The van der Waals surface area contributed by atoms with Crippen molar-refractivity contribution in [3.8, 4) is 22.6 Å². The zero-order valence-electron chi connectivity index (χ0n) is 18.6. The van der Waals surface area contributed by atoms with Gasteiger partial charge in [0, 0.05) is 25.1 Å². The molecule has 174 valence electrons. The Morgan fingerprint density at radius 1 is 1.03 bits per heavy atom. The van der Waals surface area contributed by atoms with Crippen LogP contribution >= 0.6 is 0 Å². The lowest BCUT2D eigenvalue weighted by Crippen LogP contribution is -2.24. The van der Waals surface area contributed by atoms with Gasteiger partial charge < -0.3 is 19.9 Å². The van der Waals surface area contributed by atoms with Gasteiger partial charge in [-0.15, -0.1) is 0 Å². The summed E-state index contributed by atoms with van der Waals surface area (Å²) in [6, 6.07) is 16.5. The van der Waals surface area contributed by atoms with Crippen molar-refractivity contribution in [2.24, 2.45) is 0 Å². The minimum Gasteiger partial charge on any atom is -0.497 e. The average Bonchev–Trinajstić information content (AvgIpc) is 2.80. The minimum atomic E-state index is -1.00. The Bertz CT molecular complexity index is 1100. The molecular formula is C26H27F2NO4. The number of carbonyl (C=O) groups is 1. The third-order valence-corrected chi connectivity index (χ3v) is 5.27. The fraction of sp³-hybridized carbons (Fsp3) is 0.269. The zero-order chi connectivity index (χ0) is 23.8. The monoisotopic (exact) mass is 455 g/mol. The Morgan fingerprint density at radius 3 is 2.61 bits per heavy atom. The molecule has 0 unspecified atom stereocenters. The Balaban J connectivity index is 1.62. The number of methoxy groups -OCH3 is 1. The molecule has 0 saturated heterocycles. The summed E-state index contributed by atoms with van der Waals surface area (Å²) in [5, 5.41) is 12.2. The molecule has 3 aromatic rings. The highest BCUT2D eigenvalue weighted by molar-refractivity contribution is 5.68. The predicted molar refractivity (Wildman–Crippen MR) is 123 cm³/mol. The lowest BCUT2D eigenvalue weighted by Gasteiger charge is -2.16. The smallest absolute Gasteiger partial charge is 0.303 e. The second kappa shape index (κ2) is 11.4. The number of ether oxygens (including phenoxy) is 2. The molecule has 2 N–H and O–H groups in total. The Hall–Kier alpha value is -3.45. The van der Waals surface area contributed by atoms with Crippen LogP contribution in [-0.4, -0.2) is 31.3 Å². The number of carboxylic acids is 1. The molecule has 0 fully saturated rings. The van der Waals surface area contributed by atoms with E-state index in [1.54, 1.807) is 19.2 Å². The van der Waals surface area contributed by atoms with E-state index in [1.165, 1.54) is 24.3 Å². The van der Waals surface area contributed by atoms with Gasteiger partial charge in [-0.3, -0.25) is 4.79 Å². The van der Waals surface area contributed by atoms with Gasteiger partial charge in [0.2, 0.25) is 0 Å². The van der Waals surface area contributed by atoms with Crippen LogP contribution in [-0.2, 0) is 11.2 Å². The Kier molecular flexibility index (Phi) is 8.38. The first-order valence-electron chi connectivity index (χ1n) is 10.7. The summed E-state index contributed by atoms with van der Waals surface area (Å²) in [4.78, 5) is 10.8. The van der Waals surface area contributed by atoms with Gasteiger partial charge in [0.15, 0.2) is 0 Å². The molecule has 0 aliphatic heterocycles. The summed E-state index contributed by atoms with van der Waals surface area (Å²) < 4.78 is 39.2.